The number of benzene rings is 3. The summed E-state index contributed by atoms with van der Waals surface area (Å²) in [5.74, 6) is -3.06. The van der Waals surface area contributed by atoms with Gasteiger partial charge in [0.2, 0.25) is 11.8 Å². The largest absolute Gasteiger partial charge is 0.371 e. The van der Waals surface area contributed by atoms with Gasteiger partial charge in [0, 0.05) is 88.5 Å². The maximum absolute atomic E-state index is 16.3. The number of anilines is 1. The number of aromatic nitrogens is 1. The molecule has 6 aliphatic heterocycles. The molecule has 15 heteroatoms. The Morgan fingerprint density at radius 3 is 2.22 bits per heavy atom. The summed E-state index contributed by atoms with van der Waals surface area (Å²) in [4.78, 5) is 63.7. The molecule has 0 aliphatic carbocycles. The normalized spacial score (nSPS) is 25.5. The monoisotopic (exact) mass is 829 g/mol. The van der Waals surface area contributed by atoms with Crippen LogP contribution in [-0.4, -0.2) is 112 Å². The van der Waals surface area contributed by atoms with Crippen LogP contribution < -0.4 is 10.2 Å². The van der Waals surface area contributed by atoms with E-state index in [2.05, 4.69) is 20.1 Å². The molecule has 0 bridgehead atoms. The van der Waals surface area contributed by atoms with Gasteiger partial charge in [-0.3, -0.25) is 39.2 Å². The number of imide groups is 2. The molecule has 2 N–H and O–H groups in total. The third-order valence-electron chi connectivity index (χ3n) is 14.0. The molecule has 4 atom stereocenters. The minimum atomic E-state index is -2.67. The van der Waals surface area contributed by atoms with E-state index in [0.717, 1.165) is 71.4 Å². The van der Waals surface area contributed by atoms with Crippen molar-refractivity contribution in [1.29, 1.82) is 0 Å². The Kier molecular flexibility index (Phi) is 9.83. The number of aromatic amines is 1. The highest BCUT2D eigenvalue weighted by atomic mass is 19.3. The van der Waals surface area contributed by atoms with E-state index in [1.54, 1.807) is 12.1 Å². The van der Waals surface area contributed by atoms with E-state index in [1.165, 1.54) is 17.0 Å². The van der Waals surface area contributed by atoms with E-state index < -0.39 is 60.3 Å². The Balaban J connectivity index is 0.00000264. The molecule has 10 rings (SSSR count). The molecule has 4 amide bonds. The molecule has 3 saturated heterocycles. The van der Waals surface area contributed by atoms with Gasteiger partial charge < -0.3 is 14.8 Å². The van der Waals surface area contributed by atoms with Crippen molar-refractivity contribution >= 4 is 40.2 Å². The van der Waals surface area contributed by atoms with Crippen LogP contribution >= 0.6 is 0 Å². The number of carbonyl (C=O) groups excluding carboxylic acids is 4. The third kappa shape index (κ3) is 6.69. The number of halogens is 4. The molecular weight excluding hydrogens is 779 g/mol. The number of nitrogens with one attached hydrogen (secondary N) is 2. The van der Waals surface area contributed by atoms with Crippen LogP contribution in [0.25, 0.3) is 10.9 Å². The molecule has 0 radical (unpaired) electrons. The van der Waals surface area contributed by atoms with Crippen LogP contribution in [0.4, 0.5) is 23.2 Å². The van der Waals surface area contributed by atoms with E-state index in [1.807, 2.05) is 36.1 Å². The molecule has 3 fully saturated rings. The number of rotatable bonds is 8. The first-order valence-electron chi connectivity index (χ1n) is 21.1. The highest BCUT2D eigenvalue weighted by Gasteiger charge is 2.46. The lowest BCUT2D eigenvalue weighted by Gasteiger charge is -2.41. The Hall–Kier alpha value is -5.12. The number of para-hydroxylation sites is 1. The fourth-order valence-electron chi connectivity index (χ4n) is 10.9. The first kappa shape index (κ1) is 39.0. The number of alkyl halides is 2. The van der Waals surface area contributed by atoms with Gasteiger partial charge in [-0.05, 0) is 98.5 Å². The summed E-state index contributed by atoms with van der Waals surface area (Å²) in [5.41, 5.74) is 5.18. The van der Waals surface area contributed by atoms with Gasteiger partial charge >= 0.3 is 0 Å². The van der Waals surface area contributed by atoms with E-state index in [0.29, 0.717) is 67.1 Å². The molecule has 7 heterocycles. The average Bonchev–Trinajstić information content (AvgIpc) is 3.99. The van der Waals surface area contributed by atoms with Crippen molar-refractivity contribution in [3.05, 3.63) is 99.2 Å². The van der Waals surface area contributed by atoms with Crippen molar-refractivity contribution in [3.63, 3.8) is 0 Å². The number of nitrogens with zero attached hydrogens (tertiary/aromatic N) is 5. The summed E-state index contributed by atoms with van der Waals surface area (Å²) >= 11 is 0. The molecule has 60 heavy (non-hydrogen) atoms. The standard InChI is InChI=1S/C45H47F4N7O4.2H2/c1-24-14-31-30-4-2-3-5-36(30)50-41(31)42(55(24)23-38(48)49)40-34(46)17-29(18-35(40)47)53-12-8-25(9-13-53)19-52-11-10-28(22-52)54-20-26-15-32-33(16-27(26)21-54)45(60)56(44(32)59)37-6-7-39(57)51-43(37)58;;/h2-5,15-18,24-25,28,37-38,42,50H,6-14,19-23H2,1H3,(H,51,57,58);2*1H/t24?,28?,37?,42-;;/m1../s1. The SMILES string of the molecule is CC1Cc2c([nH]c3ccccc23)[C@@H](c2c(F)cc(N3CCC(CN4CCC(N5Cc6cc7c(cc6C5)C(=O)N(C5CCC(=O)NC5=O)C7=O)C4)CC3)cc2F)N1CC(F)F.[HH].[HH]. The van der Waals surface area contributed by atoms with Gasteiger partial charge in [-0.15, -0.1) is 0 Å². The van der Waals surface area contributed by atoms with Gasteiger partial charge in [-0.25, -0.2) is 17.6 Å². The van der Waals surface area contributed by atoms with Crippen LogP contribution in [0, 0.1) is 17.6 Å². The highest BCUT2D eigenvalue weighted by Crippen LogP contribution is 2.44. The zero-order valence-corrected chi connectivity index (χ0v) is 33.4. The van der Waals surface area contributed by atoms with Crippen LogP contribution in [0.1, 0.15) is 96.6 Å². The first-order chi connectivity index (χ1) is 28.9. The predicted octanol–water partition coefficient (Wildman–Crippen LogP) is 6.25. The van der Waals surface area contributed by atoms with Crippen LogP contribution in [-0.2, 0) is 29.1 Å². The van der Waals surface area contributed by atoms with Crippen molar-refractivity contribution in [2.75, 3.05) is 44.2 Å². The fraction of sp³-hybridized carbons (Fsp3) is 0.467. The second-order valence-electron chi connectivity index (χ2n) is 17.6. The summed E-state index contributed by atoms with van der Waals surface area (Å²) in [5, 5.41) is 3.18. The number of carbonyl (C=O) groups is 4. The zero-order valence-electron chi connectivity index (χ0n) is 33.4. The summed E-state index contributed by atoms with van der Waals surface area (Å²) in [6.07, 6.45) is 0.753. The maximum atomic E-state index is 16.3. The Labute approximate surface area is 347 Å². The minimum Gasteiger partial charge on any atom is -0.371 e. The first-order valence-corrected chi connectivity index (χ1v) is 21.1. The van der Waals surface area contributed by atoms with Gasteiger partial charge in [0.25, 0.3) is 18.2 Å². The Morgan fingerprint density at radius 1 is 0.867 bits per heavy atom. The molecular formula is C45H51F4N7O4. The highest BCUT2D eigenvalue weighted by molar-refractivity contribution is 6.23. The van der Waals surface area contributed by atoms with Crippen LogP contribution in [0.2, 0.25) is 0 Å². The van der Waals surface area contributed by atoms with Crippen molar-refractivity contribution in [2.24, 2.45) is 5.92 Å². The van der Waals surface area contributed by atoms with E-state index >= 15 is 8.78 Å². The van der Waals surface area contributed by atoms with E-state index in [4.69, 9.17) is 0 Å². The number of fused-ring (bicyclic) bond motifs is 5. The number of likely N-dealkylation sites (tertiary alicyclic amines) is 1. The number of piperidine rings is 2. The fourth-order valence-corrected chi connectivity index (χ4v) is 10.9. The molecule has 3 aromatic carbocycles. The van der Waals surface area contributed by atoms with Gasteiger partial charge in [0.05, 0.1) is 23.7 Å². The molecule has 4 aromatic rings. The summed E-state index contributed by atoms with van der Waals surface area (Å²) in [7, 11) is 0. The average molecular weight is 830 g/mol. The number of H-pyrrole nitrogens is 1. The van der Waals surface area contributed by atoms with Crippen LogP contribution in [0.5, 0.6) is 0 Å². The second kappa shape index (κ2) is 15.1. The number of hydrogen-bond acceptors (Lipinski definition) is 8. The molecule has 318 valence electrons. The molecule has 0 saturated carbocycles. The smallest absolute Gasteiger partial charge is 0.262 e. The number of amides is 4. The van der Waals surface area contributed by atoms with Crippen LogP contribution in [0.15, 0.2) is 48.5 Å². The maximum Gasteiger partial charge on any atom is 0.262 e. The molecule has 3 unspecified atom stereocenters. The molecule has 1 aromatic heterocycles. The number of hydrogen-bond donors (Lipinski definition) is 2. The van der Waals surface area contributed by atoms with Crippen LogP contribution in [0.3, 0.4) is 0 Å². The quantitative estimate of drug-likeness (QED) is 0.159. The van der Waals surface area contributed by atoms with Crippen molar-refractivity contribution in [1.82, 2.24) is 29.9 Å². The van der Waals surface area contributed by atoms with Gasteiger partial charge in [0.1, 0.15) is 17.7 Å². The second-order valence-corrected chi connectivity index (χ2v) is 17.6. The molecule has 11 nitrogen and oxygen atoms in total. The van der Waals surface area contributed by atoms with E-state index in [-0.39, 0.29) is 27.3 Å². The summed E-state index contributed by atoms with van der Waals surface area (Å²) in [6.45, 7) is 6.63. The van der Waals surface area contributed by atoms with Gasteiger partial charge in [-0.2, -0.15) is 0 Å². The summed E-state index contributed by atoms with van der Waals surface area (Å²) < 4.78 is 60.4. The lowest BCUT2D eigenvalue weighted by Crippen LogP contribution is -2.54. The van der Waals surface area contributed by atoms with Crippen molar-refractivity contribution in [3.8, 4) is 0 Å². The van der Waals surface area contributed by atoms with Crippen molar-refractivity contribution < 1.29 is 39.6 Å². The lowest BCUT2D eigenvalue weighted by molar-refractivity contribution is -0.136. The minimum absolute atomic E-state index is 0. The Morgan fingerprint density at radius 2 is 1.55 bits per heavy atom. The van der Waals surface area contributed by atoms with Crippen molar-refractivity contribution in [2.45, 2.75) is 89.1 Å². The van der Waals surface area contributed by atoms with Gasteiger partial charge in [0.15, 0.2) is 0 Å². The Bertz CT molecular complexity index is 2380. The van der Waals surface area contributed by atoms with E-state index in [9.17, 15) is 28.0 Å². The molecule has 6 aliphatic rings. The predicted molar refractivity (Wildman–Crippen MR) is 219 cm³/mol. The third-order valence-corrected chi connectivity index (χ3v) is 14.0. The topological polar surface area (TPSA) is 112 Å². The lowest BCUT2D eigenvalue weighted by atomic mass is 9.88. The molecule has 0 spiro atoms. The summed E-state index contributed by atoms with van der Waals surface area (Å²) in [6, 6.07) is 11.9. The zero-order chi connectivity index (χ0) is 41.6. The van der Waals surface area contributed by atoms with Gasteiger partial charge in [-0.1, -0.05) is 18.2 Å².